The van der Waals surface area contributed by atoms with Crippen LogP contribution in [0.2, 0.25) is 0 Å². The molecule has 1 unspecified atom stereocenters. The number of benzene rings is 1. The van der Waals surface area contributed by atoms with Crippen LogP contribution in [0.1, 0.15) is 48.1 Å². The molecule has 1 aliphatic heterocycles. The van der Waals surface area contributed by atoms with Gasteiger partial charge in [-0.05, 0) is 35.6 Å². The fourth-order valence-corrected chi connectivity index (χ4v) is 3.43. The van der Waals surface area contributed by atoms with E-state index >= 15 is 0 Å². The normalized spacial score (nSPS) is 18.3. The van der Waals surface area contributed by atoms with Crippen molar-refractivity contribution in [2.24, 2.45) is 5.73 Å². The van der Waals surface area contributed by atoms with Gasteiger partial charge in [0.2, 0.25) is 0 Å². The monoisotopic (exact) mass is 292 g/mol. The van der Waals surface area contributed by atoms with Crippen molar-refractivity contribution in [3.8, 4) is 5.75 Å². The van der Waals surface area contributed by atoms with E-state index in [1.54, 1.807) is 14.2 Å². The molecule has 0 amide bonds. The Balaban J connectivity index is 2.51. The summed E-state index contributed by atoms with van der Waals surface area (Å²) in [6.45, 7) is 9.83. The molecule has 118 valence electrons. The standard InChI is InChI=1S/C17H28N2O2/c1-11(2)16-15(21-5)8-12(3)13-10-19(6-7-20-4)14(9-18)17(13)16/h8,11,14H,6-7,9-10,18H2,1-5H3. The summed E-state index contributed by atoms with van der Waals surface area (Å²) in [6.07, 6.45) is 0. The first-order chi connectivity index (χ1) is 10.0. The van der Waals surface area contributed by atoms with E-state index in [2.05, 4.69) is 31.7 Å². The fraction of sp³-hybridized carbons (Fsp3) is 0.647. The summed E-state index contributed by atoms with van der Waals surface area (Å²) in [5.74, 6) is 1.42. The number of hydrogen-bond acceptors (Lipinski definition) is 4. The van der Waals surface area contributed by atoms with Crippen molar-refractivity contribution in [3.05, 3.63) is 28.3 Å². The van der Waals surface area contributed by atoms with Crippen molar-refractivity contribution in [2.45, 2.75) is 39.3 Å². The quantitative estimate of drug-likeness (QED) is 0.875. The average Bonchev–Trinajstić information content (AvgIpc) is 2.83. The maximum atomic E-state index is 6.10. The van der Waals surface area contributed by atoms with E-state index in [1.165, 1.54) is 22.3 Å². The molecule has 4 heteroatoms. The van der Waals surface area contributed by atoms with Gasteiger partial charge in [0.25, 0.3) is 0 Å². The Morgan fingerprint density at radius 3 is 2.62 bits per heavy atom. The summed E-state index contributed by atoms with van der Waals surface area (Å²) >= 11 is 0. The van der Waals surface area contributed by atoms with E-state index in [0.29, 0.717) is 12.5 Å². The van der Waals surface area contributed by atoms with Gasteiger partial charge in [-0.15, -0.1) is 0 Å². The highest BCUT2D eigenvalue weighted by Crippen LogP contribution is 2.44. The maximum absolute atomic E-state index is 6.10. The van der Waals surface area contributed by atoms with Crippen molar-refractivity contribution in [2.75, 3.05) is 33.9 Å². The van der Waals surface area contributed by atoms with Crippen molar-refractivity contribution < 1.29 is 9.47 Å². The highest BCUT2D eigenvalue weighted by atomic mass is 16.5. The molecule has 0 spiro atoms. The van der Waals surface area contributed by atoms with Crippen LogP contribution in [0.25, 0.3) is 0 Å². The van der Waals surface area contributed by atoms with Crippen LogP contribution in [0.3, 0.4) is 0 Å². The number of aryl methyl sites for hydroxylation is 1. The SMILES string of the molecule is COCCN1Cc2c(C)cc(OC)c(C(C)C)c2C1CN. The lowest BCUT2D eigenvalue weighted by Crippen LogP contribution is -2.31. The smallest absolute Gasteiger partial charge is 0.122 e. The zero-order valence-corrected chi connectivity index (χ0v) is 13.9. The number of nitrogens with zero attached hydrogens (tertiary/aromatic N) is 1. The number of fused-ring (bicyclic) bond motifs is 1. The summed E-state index contributed by atoms with van der Waals surface area (Å²) < 4.78 is 10.9. The maximum Gasteiger partial charge on any atom is 0.122 e. The molecule has 0 aromatic heterocycles. The molecular formula is C17H28N2O2. The summed E-state index contributed by atoms with van der Waals surface area (Å²) in [7, 11) is 3.50. The molecule has 0 fully saturated rings. The first-order valence-electron chi connectivity index (χ1n) is 7.68. The fourth-order valence-electron chi connectivity index (χ4n) is 3.43. The molecule has 4 nitrogen and oxygen atoms in total. The average molecular weight is 292 g/mol. The Labute approximate surface area is 128 Å². The largest absolute Gasteiger partial charge is 0.496 e. The Bertz CT molecular complexity index is 500. The number of ether oxygens (including phenoxy) is 2. The van der Waals surface area contributed by atoms with Gasteiger partial charge in [0.1, 0.15) is 5.75 Å². The predicted molar refractivity (Wildman–Crippen MR) is 85.9 cm³/mol. The third-order valence-corrected chi connectivity index (χ3v) is 4.44. The van der Waals surface area contributed by atoms with Crippen molar-refractivity contribution >= 4 is 0 Å². The van der Waals surface area contributed by atoms with E-state index in [4.69, 9.17) is 15.2 Å². The molecule has 0 radical (unpaired) electrons. The predicted octanol–water partition coefficient (Wildman–Crippen LogP) is 2.59. The van der Waals surface area contributed by atoms with E-state index in [0.717, 1.165) is 25.4 Å². The van der Waals surface area contributed by atoms with Gasteiger partial charge in [0.05, 0.1) is 13.7 Å². The van der Waals surface area contributed by atoms with Crippen LogP contribution in [-0.2, 0) is 11.3 Å². The van der Waals surface area contributed by atoms with Crippen molar-refractivity contribution in [1.82, 2.24) is 4.90 Å². The highest BCUT2D eigenvalue weighted by Gasteiger charge is 2.34. The van der Waals surface area contributed by atoms with E-state index in [-0.39, 0.29) is 6.04 Å². The van der Waals surface area contributed by atoms with E-state index in [9.17, 15) is 0 Å². The first kappa shape index (κ1) is 16.3. The molecule has 0 saturated heterocycles. The minimum atomic E-state index is 0.265. The summed E-state index contributed by atoms with van der Waals surface area (Å²) in [5.41, 5.74) is 11.5. The second-order valence-electron chi connectivity index (χ2n) is 6.07. The molecule has 1 atom stereocenters. The molecule has 0 bridgehead atoms. The van der Waals surface area contributed by atoms with Gasteiger partial charge in [-0.3, -0.25) is 4.90 Å². The van der Waals surface area contributed by atoms with Gasteiger partial charge in [0.15, 0.2) is 0 Å². The minimum absolute atomic E-state index is 0.265. The van der Waals surface area contributed by atoms with Gasteiger partial charge in [-0.2, -0.15) is 0 Å². The first-order valence-corrected chi connectivity index (χ1v) is 7.68. The molecule has 1 aliphatic rings. The van der Waals surface area contributed by atoms with Crippen LogP contribution in [0.5, 0.6) is 5.75 Å². The number of methoxy groups -OCH3 is 2. The van der Waals surface area contributed by atoms with Gasteiger partial charge in [-0.1, -0.05) is 13.8 Å². The number of hydrogen-bond donors (Lipinski definition) is 1. The third-order valence-electron chi connectivity index (χ3n) is 4.44. The molecule has 1 aromatic rings. The highest BCUT2D eigenvalue weighted by molar-refractivity contribution is 5.54. The summed E-state index contributed by atoms with van der Waals surface area (Å²) in [4.78, 5) is 2.42. The molecule has 21 heavy (non-hydrogen) atoms. The zero-order valence-electron chi connectivity index (χ0n) is 13.9. The van der Waals surface area contributed by atoms with Crippen LogP contribution in [0.4, 0.5) is 0 Å². The van der Waals surface area contributed by atoms with Gasteiger partial charge >= 0.3 is 0 Å². The Hall–Kier alpha value is -1.10. The Kier molecular flexibility index (Phi) is 5.25. The molecule has 1 aromatic carbocycles. The van der Waals surface area contributed by atoms with Gasteiger partial charge in [0, 0.05) is 38.3 Å². The van der Waals surface area contributed by atoms with Crippen LogP contribution in [0.15, 0.2) is 6.07 Å². The molecule has 1 heterocycles. The van der Waals surface area contributed by atoms with Crippen molar-refractivity contribution in [3.63, 3.8) is 0 Å². The molecule has 2 rings (SSSR count). The third kappa shape index (κ3) is 2.93. The minimum Gasteiger partial charge on any atom is -0.496 e. The lowest BCUT2D eigenvalue weighted by molar-refractivity contribution is 0.127. The van der Waals surface area contributed by atoms with Gasteiger partial charge in [-0.25, -0.2) is 0 Å². The summed E-state index contributed by atoms with van der Waals surface area (Å²) in [6, 6.07) is 2.43. The topological polar surface area (TPSA) is 47.7 Å². The second kappa shape index (κ2) is 6.77. The van der Waals surface area contributed by atoms with E-state index in [1.807, 2.05) is 0 Å². The van der Waals surface area contributed by atoms with Crippen LogP contribution in [-0.4, -0.2) is 38.8 Å². The molecule has 2 N–H and O–H groups in total. The van der Waals surface area contributed by atoms with Gasteiger partial charge < -0.3 is 15.2 Å². The molecular weight excluding hydrogens is 264 g/mol. The lowest BCUT2D eigenvalue weighted by atomic mass is 9.88. The molecule has 0 saturated carbocycles. The second-order valence-corrected chi connectivity index (χ2v) is 6.07. The molecule has 0 aliphatic carbocycles. The zero-order chi connectivity index (χ0) is 15.6. The summed E-state index contributed by atoms with van der Waals surface area (Å²) in [5, 5.41) is 0. The van der Waals surface area contributed by atoms with Crippen LogP contribution >= 0.6 is 0 Å². The van der Waals surface area contributed by atoms with Crippen LogP contribution < -0.4 is 10.5 Å². The Morgan fingerprint density at radius 2 is 2.10 bits per heavy atom. The number of rotatable bonds is 6. The number of nitrogens with two attached hydrogens (primary N) is 1. The van der Waals surface area contributed by atoms with Crippen LogP contribution in [0, 0.1) is 6.92 Å². The lowest BCUT2D eigenvalue weighted by Gasteiger charge is -2.26. The Morgan fingerprint density at radius 1 is 1.38 bits per heavy atom. The van der Waals surface area contributed by atoms with Crippen molar-refractivity contribution in [1.29, 1.82) is 0 Å². The van der Waals surface area contributed by atoms with E-state index < -0.39 is 0 Å².